The number of esters is 1. The maximum absolute atomic E-state index is 12.0. The number of nitrogens with one attached hydrogen (secondary N) is 1. The largest absolute Gasteiger partial charge is 0.465 e. The summed E-state index contributed by atoms with van der Waals surface area (Å²) in [5.74, 6) is 0.283. The highest BCUT2D eigenvalue weighted by molar-refractivity contribution is 7.99. The third kappa shape index (κ3) is 4.87. The minimum absolute atomic E-state index is 0.237. The van der Waals surface area contributed by atoms with Gasteiger partial charge in [0.15, 0.2) is 0 Å². The smallest absolute Gasteiger partial charge is 0.326 e. The minimum atomic E-state index is -0.723. The van der Waals surface area contributed by atoms with Crippen LogP contribution in [0.2, 0.25) is 0 Å². The van der Waals surface area contributed by atoms with Crippen molar-refractivity contribution in [1.82, 2.24) is 10.3 Å². The zero-order chi connectivity index (χ0) is 14.3. The number of hydrogen-bond donors (Lipinski definition) is 1. The molecule has 5 nitrogen and oxygen atoms in total. The molecule has 0 radical (unpaired) electrons. The highest BCUT2D eigenvalue weighted by Crippen LogP contribution is 2.23. The van der Waals surface area contributed by atoms with Crippen LogP contribution < -0.4 is 5.32 Å². The molecule has 6 heteroatoms. The van der Waals surface area contributed by atoms with E-state index in [1.807, 2.05) is 20.8 Å². The normalized spacial score (nSPS) is 14.1. The quantitative estimate of drug-likeness (QED) is 0.585. The molecule has 1 unspecified atom stereocenters. The van der Waals surface area contributed by atoms with E-state index in [2.05, 4.69) is 17.2 Å². The fraction of sp³-hybridized carbons (Fsp3) is 0.692. The molecule has 0 amide bonds. The molecule has 0 spiro atoms. The Bertz CT molecular complexity index is 408. The summed E-state index contributed by atoms with van der Waals surface area (Å²) in [6.07, 6.45) is 2.56. The Balaban J connectivity index is 2.65. The molecular weight excluding hydrogens is 264 g/mol. The summed E-state index contributed by atoms with van der Waals surface area (Å²) in [6, 6.07) is 0. The van der Waals surface area contributed by atoms with Gasteiger partial charge >= 0.3 is 5.97 Å². The molecule has 19 heavy (non-hydrogen) atoms. The lowest BCUT2D eigenvalue weighted by Crippen LogP contribution is -2.52. The summed E-state index contributed by atoms with van der Waals surface area (Å²) in [6.45, 7) is 8.73. The monoisotopic (exact) mass is 286 g/mol. The van der Waals surface area contributed by atoms with Gasteiger partial charge in [-0.15, -0.1) is 0 Å². The Morgan fingerprint density at radius 1 is 1.58 bits per heavy atom. The molecule has 108 valence electrons. The van der Waals surface area contributed by atoms with Crippen LogP contribution in [0.25, 0.3) is 0 Å². The van der Waals surface area contributed by atoms with Gasteiger partial charge in [-0.3, -0.25) is 4.79 Å². The molecule has 0 aliphatic carbocycles. The van der Waals surface area contributed by atoms with Crippen molar-refractivity contribution < 1.29 is 13.9 Å². The van der Waals surface area contributed by atoms with Crippen LogP contribution >= 0.6 is 11.8 Å². The van der Waals surface area contributed by atoms with Gasteiger partial charge in [0, 0.05) is 5.75 Å². The van der Waals surface area contributed by atoms with Crippen LogP contribution in [0, 0.1) is 6.92 Å². The van der Waals surface area contributed by atoms with Gasteiger partial charge in [-0.25, -0.2) is 4.98 Å². The van der Waals surface area contributed by atoms with E-state index in [0.29, 0.717) is 17.6 Å². The molecule has 1 atom stereocenters. The predicted molar refractivity (Wildman–Crippen MR) is 75.3 cm³/mol. The molecule has 1 heterocycles. The van der Waals surface area contributed by atoms with Gasteiger partial charge in [0.25, 0.3) is 5.22 Å². The average Bonchev–Trinajstić information content (AvgIpc) is 2.80. The number of carbonyl (C=O) groups is 1. The van der Waals surface area contributed by atoms with Gasteiger partial charge in [-0.05, 0) is 33.7 Å². The lowest BCUT2D eigenvalue weighted by Gasteiger charge is -2.27. The number of aryl methyl sites for hydroxylation is 1. The van der Waals surface area contributed by atoms with Gasteiger partial charge in [-0.2, -0.15) is 0 Å². The molecule has 0 fully saturated rings. The van der Waals surface area contributed by atoms with Crippen LogP contribution in [0.4, 0.5) is 0 Å². The maximum Gasteiger partial charge on any atom is 0.326 e. The van der Waals surface area contributed by atoms with E-state index in [1.54, 1.807) is 6.26 Å². The Labute approximate surface area is 118 Å². The Hall–Kier alpha value is -1.01. The number of hydrogen-bond acceptors (Lipinski definition) is 6. The third-order valence-corrected chi connectivity index (χ3v) is 3.73. The topological polar surface area (TPSA) is 64.4 Å². The summed E-state index contributed by atoms with van der Waals surface area (Å²) in [5, 5.41) is 3.82. The van der Waals surface area contributed by atoms with Crippen molar-refractivity contribution in [2.75, 3.05) is 18.9 Å². The van der Waals surface area contributed by atoms with Gasteiger partial charge in [0.2, 0.25) is 0 Å². The fourth-order valence-corrected chi connectivity index (χ4v) is 2.43. The summed E-state index contributed by atoms with van der Waals surface area (Å²) in [5.41, 5.74) is 0.112. The number of carbonyl (C=O) groups excluding carboxylic acids is 1. The SMILES string of the molecule is CCCNC(C)(CSc1nc(C)co1)C(=O)OCC. The van der Waals surface area contributed by atoms with Crippen molar-refractivity contribution in [3.05, 3.63) is 12.0 Å². The van der Waals surface area contributed by atoms with E-state index in [9.17, 15) is 4.79 Å². The molecule has 1 aromatic rings. The molecule has 0 saturated carbocycles. The van der Waals surface area contributed by atoms with Crippen LogP contribution in [0.5, 0.6) is 0 Å². The molecule has 1 aromatic heterocycles. The summed E-state index contributed by atoms with van der Waals surface area (Å²) < 4.78 is 10.4. The summed E-state index contributed by atoms with van der Waals surface area (Å²) >= 11 is 1.41. The van der Waals surface area contributed by atoms with E-state index in [4.69, 9.17) is 9.15 Å². The van der Waals surface area contributed by atoms with Crippen molar-refractivity contribution in [1.29, 1.82) is 0 Å². The first-order valence-electron chi connectivity index (χ1n) is 6.49. The number of nitrogens with zero attached hydrogens (tertiary/aromatic N) is 1. The molecular formula is C13H22N2O3S. The molecule has 0 aliphatic rings. The second-order valence-electron chi connectivity index (χ2n) is 4.52. The van der Waals surface area contributed by atoms with Crippen LogP contribution in [0.15, 0.2) is 15.9 Å². The van der Waals surface area contributed by atoms with E-state index < -0.39 is 5.54 Å². The molecule has 0 bridgehead atoms. The van der Waals surface area contributed by atoms with E-state index in [1.165, 1.54) is 11.8 Å². The van der Waals surface area contributed by atoms with Crippen LogP contribution in [0.1, 0.15) is 32.9 Å². The number of thioether (sulfide) groups is 1. The number of aromatic nitrogens is 1. The van der Waals surface area contributed by atoms with E-state index >= 15 is 0 Å². The first kappa shape index (κ1) is 16.0. The predicted octanol–water partition coefficient (Wildman–Crippen LogP) is 2.40. The van der Waals surface area contributed by atoms with E-state index in [0.717, 1.165) is 18.7 Å². The zero-order valence-corrected chi connectivity index (χ0v) is 12.8. The van der Waals surface area contributed by atoms with Gasteiger partial charge in [0.05, 0.1) is 12.3 Å². The Kier molecular flexibility index (Phi) is 6.37. The Morgan fingerprint density at radius 2 is 2.32 bits per heavy atom. The molecule has 0 aliphatic heterocycles. The standard InChI is InChI=1S/C13H22N2O3S/c1-5-7-14-13(4,11(16)17-6-2)9-19-12-15-10(3)8-18-12/h8,14H,5-7,9H2,1-4H3. The maximum atomic E-state index is 12.0. The number of ether oxygens (including phenoxy) is 1. The second kappa shape index (κ2) is 7.55. The minimum Gasteiger partial charge on any atom is -0.465 e. The first-order chi connectivity index (χ1) is 9.01. The van der Waals surface area contributed by atoms with Crippen molar-refractivity contribution in [3.63, 3.8) is 0 Å². The summed E-state index contributed by atoms with van der Waals surface area (Å²) in [7, 11) is 0. The number of rotatable bonds is 8. The Morgan fingerprint density at radius 3 is 2.84 bits per heavy atom. The van der Waals surface area contributed by atoms with Crippen molar-refractivity contribution in [2.45, 2.75) is 44.9 Å². The molecule has 0 saturated heterocycles. The van der Waals surface area contributed by atoms with Crippen molar-refractivity contribution >= 4 is 17.7 Å². The lowest BCUT2D eigenvalue weighted by atomic mass is 10.1. The van der Waals surface area contributed by atoms with Crippen molar-refractivity contribution in [3.8, 4) is 0 Å². The number of oxazole rings is 1. The van der Waals surface area contributed by atoms with Gasteiger partial charge in [0.1, 0.15) is 11.8 Å². The van der Waals surface area contributed by atoms with E-state index in [-0.39, 0.29) is 5.97 Å². The molecule has 1 rings (SSSR count). The third-order valence-electron chi connectivity index (χ3n) is 2.57. The van der Waals surface area contributed by atoms with Crippen molar-refractivity contribution in [2.24, 2.45) is 0 Å². The zero-order valence-electron chi connectivity index (χ0n) is 12.0. The van der Waals surface area contributed by atoms with Crippen LogP contribution in [-0.4, -0.2) is 35.4 Å². The summed E-state index contributed by atoms with van der Waals surface area (Å²) in [4.78, 5) is 16.3. The highest BCUT2D eigenvalue weighted by atomic mass is 32.2. The van der Waals surface area contributed by atoms with Crippen LogP contribution in [0.3, 0.4) is 0 Å². The molecule has 1 N–H and O–H groups in total. The van der Waals surface area contributed by atoms with Gasteiger partial charge < -0.3 is 14.5 Å². The second-order valence-corrected chi connectivity index (χ2v) is 5.45. The highest BCUT2D eigenvalue weighted by Gasteiger charge is 2.34. The fourth-order valence-electron chi connectivity index (χ4n) is 1.48. The first-order valence-corrected chi connectivity index (χ1v) is 7.47. The average molecular weight is 286 g/mol. The van der Waals surface area contributed by atoms with Crippen LogP contribution in [-0.2, 0) is 9.53 Å². The lowest BCUT2D eigenvalue weighted by molar-refractivity contribution is -0.149. The molecule has 0 aromatic carbocycles. The van der Waals surface area contributed by atoms with Gasteiger partial charge in [-0.1, -0.05) is 18.7 Å².